The zero-order valence-corrected chi connectivity index (χ0v) is 19.1. The van der Waals surface area contributed by atoms with Crippen molar-refractivity contribution in [2.75, 3.05) is 11.1 Å². The van der Waals surface area contributed by atoms with Gasteiger partial charge in [-0.2, -0.15) is 0 Å². The second-order valence-electron chi connectivity index (χ2n) is 7.07. The smallest absolute Gasteiger partial charge is 0.271 e. The Hall–Kier alpha value is -2.43. The first kappa shape index (κ1) is 21.8. The summed E-state index contributed by atoms with van der Waals surface area (Å²) in [7, 11) is 0. The Balaban J connectivity index is 1.47. The first-order valence-corrected chi connectivity index (χ1v) is 12.1. The van der Waals surface area contributed by atoms with Gasteiger partial charge in [-0.25, -0.2) is 0 Å². The molecule has 0 aliphatic heterocycles. The fourth-order valence-corrected chi connectivity index (χ4v) is 5.69. The summed E-state index contributed by atoms with van der Waals surface area (Å²) >= 11 is 9.12. The van der Waals surface area contributed by atoms with Gasteiger partial charge in [-0.15, -0.1) is 21.5 Å². The second-order valence-corrected chi connectivity index (χ2v) is 9.38. The molecule has 4 rings (SSSR count). The van der Waals surface area contributed by atoms with Crippen molar-refractivity contribution in [3.63, 3.8) is 0 Å². The van der Waals surface area contributed by atoms with Gasteiger partial charge in [0.25, 0.3) is 5.69 Å². The van der Waals surface area contributed by atoms with E-state index < -0.39 is 4.92 Å². The van der Waals surface area contributed by atoms with Crippen LogP contribution in [-0.4, -0.2) is 31.3 Å². The number of fused-ring (bicyclic) bond motifs is 1. The number of amides is 1. The van der Waals surface area contributed by atoms with Gasteiger partial charge < -0.3 is 9.88 Å². The van der Waals surface area contributed by atoms with Gasteiger partial charge >= 0.3 is 0 Å². The summed E-state index contributed by atoms with van der Waals surface area (Å²) < 4.78 is 2.02. The maximum atomic E-state index is 12.4. The third-order valence-corrected chi connectivity index (χ3v) is 7.49. The minimum atomic E-state index is -0.533. The molecular formula is C20H20ClN5O3S2. The van der Waals surface area contributed by atoms with Crippen LogP contribution in [0.4, 0.5) is 11.4 Å². The Morgan fingerprint density at radius 3 is 2.94 bits per heavy atom. The second kappa shape index (κ2) is 9.37. The molecule has 1 aliphatic carbocycles. The minimum Gasteiger partial charge on any atom is -0.324 e. The van der Waals surface area contributed by atoms with E-state index in [1.54, 1.807) is 11.3 Å². The Morgan fingerprint density at radius 2 is 2.16 bits per heavy atom. The number of nitro groups is 1. The maximum absolute atomic E-state index is 12.4. The molecule has 0 bridgehead atoms. The quantitative estimate of drug-likeness (QED) is 0.285. The van der Waals surface area contributed by atoms with Crippen LogP contribution >= 0.6 is 34.7 Å². The third kappa shape index (κ3) is 4.60. The number of nitro benzene ring substituents is 1. The summed E-state index contributed by atoms with van der Waals surface area (Å²) in [6.07, 6.45) is 4.62. The van der Waals surface area contributed by atoms with E-state index in [1.807, 2.05) is 11.5 Å². The van der Waals surface area contributed by atoms with E-state index in [0.717, 1.165) is 24.2 Å². The number of rotatable bonds is 7. The predicted molar refractivity (Wildman–Crippen MR) is 123 cm³/mol. The number of nitrogens with zero attached hydrogens (tertiary/aromatic N) is 4. The number of anilines is 1. The molecule has 11 heteroatoms. The highest BCUT2D eigenvalue weighted by Crippen LogP contribution is 2.37. The topological polar surface area (TPSA) is 103 Å². The zero-order valence-electron chi connectivity index (χ0n) is 16.8. The SMILES string of the molecule is CCn1c(SCC(=O)Nc2cc([N+](=O)[O-])ccc2Cl)nnc1-c1csc2c1CCCC2. The van der Waals surface area contributed by atoms with Gasteiger partial charge in [-0.05, 0) is 44.2 Å². The Morgan fingerprint density at radius 1 is 1.35 bits per heavy atom. The molecule has 2 aromatic heterocycles. The average Bonchev–Trinajstić information content (AvgIpc) is 3.36. The number of carbonyl (C=O) groups excluding carboxylic acids is 1. The van der Waals surface area contributed by atoms with Crippen molar-refractivity contribution in [2.24, 2.45) is 0 Å². The van der Waals surface area contributed by atoms with Crippen molar-refractivity contribution in [1.82, 2.24) is 14.8 Å². The third-order valence-electron chi connectivity index (χ3n) is 5.10. The van der Waals surface area contributed by atoms with Crippen LogP contribution in [0.25, 0.3) is 11.4 Å². The van der Waals surface area contributed by atoms with E-state index >= 15 is 0 Å². The first-order chi connectivity index (χ1) is 15.0. The van der Waals surface area contributed by atoms with Crippen LogP contribution in [0.15, 0.2) is 28.7 Å². The normalized spacial score (nSPS) is 13.1. The Bertz CT molecular complexity index is 1140. The number of halogens is 1. The number of aryl methyl sites for hydroxylation is 1. The minimum absolute atomic E-state index is 0.0822. The van der Waals surface area contributed by atoms with Crippen molar-refractivity contribution >= 4 is 52.0 Å². The van der Waals surface area contributed by atoms with Crippen LogP contribution in [0.1, 0.15) is 30.2 Å². The number of aromatic nitrogens is 3. The number of carbonyl (C=O) groups is 1. The number of hydrogen-bond acceptors (Lipinski definition) is 7. The van der Waals surface area contributed by atoms with E-state index in [1.165, 1.54) is 53.2 Å². The van der Waals surface area contributed by atoms with Crippen LogP contribution in [0, 0.1) is 10.1 Å². The maximum Gasteiger partial charge on any atom is 0.271 e. The lowest BCUT2D eigenvalue weighted by molar-refractivity contribution is -0.384. The summed E-state index contributed by atoms with van der Waals surface area (Å²) in [4.78, 5) is 24.3. The number of non-ortho nitro benzene ring substituents is 1. The fourth-order valence-electron chi connectivity index (χ4n) is 3.60. The van der Waals surface area contributed by atoms with Crippen molar-refractivity contribution in [3.05, 3.63) is 49.2 Å². The number of thiophene rings is 1. The summed E-state index contributed by atoms with van der Waals surface area (Å²) in [5.41, 5.74) is 2.60. The van der Waals surface area contributed by atoms with Crippen molar-refractivity contribution in [1.29, 1.82) is 0 Å². The van der Waals surface area contributed by atoms with Gasteiger partial charge in [0, 0.05) is 34.5 Å². The van der Waals surface area contributed by atoms with E-state index in [0.29, 0.717) is 11.7 Å². The van der Waals surface area contributed by atoms with Crippen LogP contribution in [-0.2, 0) is 24.2 Å². The molecular weight excluding hydrogens is 458 g/mol. The van der Waals surface area contributed by atoms with E-state index in [9.17, 15) is 14.9 Å². The van der Waals surface area contributed by atoms with Gasteiger partial charge in [0.1, 0.15) is 0 Å². The number of nitrogens with one attached hydrogen (secondary N) is 1. The molecule has 0 radical (unpaired) electrons. The van der Waals surface area contributed by atoms with E-state index in [2.05, 4.69) is 20.9 Å². The highest BCUT2D eigenvalue weighted by molar-refractivity contribution is 7.99. The molecule has 1 aromatic carbocycles. The molecule has 0 unspecified atom stereocenters. The molecule has 1 amide bonds. The molecule has 1 N–H and O–H groups in total. The van der Waals surface area contributed by atoms with Crippen LogP contribution < -0.4 is 5.32 Å². The molecule has 0 spiro atoms. The molecule has 1 aliphatic rings. The highest BCUT2D eigenvalue weighted by Gasteiger charge is 2.22. The number of benzene rings is 1. The van der Waals surface area contributed by atoms with Gasteiger partial charge in [0.05, 0.1) is 21.4 Å². The monoisotopic (exact) mass is 477 g/mol. The number of hydrogen-bond donors (Lipinski definition) is 1. The Labute approximate surface area is 192 Å². The predicted octanol–water partition coefficient (Wildman–Crippen LogP) is 5.20. The largest absolute Gasteiger partial charge is 0.324 e. The summed E-state index contributed by atoms with van der Waals surface area (Å²) in [6.45, 7) is 2.71. The molecule has 8 nitrogen and oxygen atoms in total. The summed E-state index contributed by atoms with van der Waals surface area (Å²) in [5.74, 6) is 0.595. The van der Waals surface area contributed by atoms with Crippen LogP contribution in [0.3, 0.4) is 0 Å². The standard InChI is InChI=1S/C20H20ClN5O3S2/c1-2-25-19(14-10-30-17-6-4-3-5-13(14)17)23-24-20(25)31-11-18(27)22-16-9-12(26(28)29)7-8-15(16)21/h7-10H,2-6,11H2,1H3,(H,22,27). The van der Waals surface area contributed by atoms with Crippen molar-refractivity contribution in [2.45, 2.75) is 44.3 Å². The zero-order chi connectivity index (χ0) is 22.0. The molecule has 0 saturated heterocycles. The van der Waals surface area contributed by atoms with E-state index in [4.69, 9.17) is 11.6 Å². The highest BCUT2D eigenvalue weighted by atomic mass is 35.5. The molecule has 0 fully saturated rings. The van der Waals surface area contributed by atoms with Gasteiger partial charge in [-0.1, -0.05) is 23.4 Å². The van der Waals surface area contributed by atoms with E-state index in [-0.39, 0.29) is 28.1 Å². The lowest BCUT2D eigenvalue weighted by Gasteiger charge is -2.13. The average molecular weight is 478 g/mol. The van der Waals surface area contributed by atoms with Crippen LogP contribution in [0.5, 0.6) is 0 Å². The molecule has 31 heavy (non-hydrogen) atoms. The number of thioether (sulfide) groups is 1. The van der Waals surface area contributed by atoms with Crippen molar-refractivity contribution in [3.8, 4) is 11.4 Å². The van der Waals surface area contributed by atoms with Gasteiger partial charge in [0.15, 0.2) is 11.0 Å². The first-order valence-electron chi connectivity index (χ1n) is 9.87. The molecule has 0 saturated carbocycles. The lowest BCUT2D eigenvalue weighted by atomic mass is 9.96. The fraction of sp³-hybridized carbons (Fsp3) is 0.350. The molecule has 2 heterocycles. The Kier molecular flexibility index (Phi) is 6.59. The van der Waals surface area contributed by atoms with Gasteiger partial charge in [0.2, 0.25) is 5.91 Å². The lowest BCUT2D eigenvalue weighted by Crippen LogP contribution is -2.15. The van der Waals surface area contributed by atoms with Crippen molar-refractivity contribution < 1.29 is 9.72 Å². The summed E-state index contributed by atoms with van der Waals surface area (Å²) in [6, 6.07) is 3.93. The van der Waals surface area contributed by atoms with Gasteiger partial charge in [-0.3, -0.25) is 14.9 Å². The molecule has 162 valence electrons. The summed E-state index contributed by atoms with van der Waals surface area (Å²) in [5, 5.41) is 25.4. The molecule has 3 aromatic rings. The molecule has 0 atom stereocenters. The van der Waals surface area contributed by atoms with Crippen LogP contribution in [0.2, 0.25) is 5.02 Å².